The molecule has 0 saturated heterocycles. The molecule has 2 aromatic rings. The predicted octanol–water partition coefficient (Wildman–Crippen LogP) is 5.19. The van der Waals surface area contributed by atoms with Crippen LogP contribution in [0.4, 0.5) is 13.2 Å². The molecule has 0 aliphatic heterocycles. The molecule has 0 aliphatic rings. The Balaban J connectivity index is 2.00. The number of benzene rings is 1. The number of carbonyl (C=O) groups is 1. The van der Waals surface area contributed by atoms with Crippen LogP contribution < -0.4 is 9.47 Å². The average Bonchev–Trinajstić information content (AvgIpc) is 2.66. The average molecular weight is 434 g/mol. The number of aromatic nitrogens is 1. The second-order valence-corrected chi connectivity index (χ2v) is 6.27. The molecule has 0 fully saturated rings. The second kappa shape index (κ2) is 10.3. The Morgan fingerprint density at radius 1 is 1.24 bits per heavy atom. The summed E-state index contributed by atoms with van der Waals surface area (Å²) in [7, 11) is 0. The summed E-state index contributed by atoms with van der Waals surface area (Å²) in [4.78, 5) is 14.9. The lowest BCUT2D eigenvalue weighted by Crippen LogP contribution is -2.27. The number of nitrogens with zero attached hydrogens (tertiary/aromatic N) is 1. The van der Waals surface area contributed by atoms with E-state index in [9.17, 15) is 23.1 Å². The molecule has 1 heterocycles. The van der Waals surface area contributed by atoms with Gasteiger partial charge in [0.15, 0.2) is 6.10 Å². The van der Waals surface area contributed by atoms with Crippen LogP contribution in [0.1, 0.15) is 25.3 Å². The summed E-state index contributed by atoms with van der Waals surface area (Å²) in [6.07, 6.45) is -4.16. The van der Waals surface area contributed by atoms with Crippen molar-refractivity contribution < 1.29 is 37.3 Å². The fraction of sp³-hybridized carbons (Fsp3) is 0.368. The van der Waals surface area contributed by atoms with E-state index in [0.717, 1.165) is 6.07 Å². The van der Waals surface area contributed by atoms with Crippen molar-refractivity contribution in [1.29, 1.82) is 0 Å². The van der Waals surface area contributed by atoms with E-state index in [4.69, 9.17) is 25.8 Å². The van der Waals surface area contributed by atoms with Gasteiger partial charge in [-0.1, -0.05) is 11.6 Å². The third-order valence-corrected chi connectivity index (χ3v) is 3.96. The lowest BCUT2D eigenvalue weighted by Gasteiger charge is -2.15. The molecule has 1 N–H and O–H groups in total. The van der Waals surface area contributed by atoms with Crippen LogP contribution in [0.25, 0.3) is 0 Å². The molecular formula is C19H19ClF3NO5. The minimum atomic E-state index is -4.56. The molecule has 6 nitrogen and oxygen atoms in total. The molecule has 1 aromatic heterocycles. The minimum Gasteiger partial charge on any atom is -0.479 e. The normalized spacial score (nSPS) is 12.4. The number of carboxylic acids is 1. The number of halogens is 4. The van der Waals surface area contributed by atoms with E-state index in [-0.39, 0.29) is 23.1 Å². The maximum absolute atomic E-state index is 12.6. The topological polar surface area (TPSA) is 77.9 Å². The zero-order valence-corrected chi connectivity index (χ0v) is 16.2. The zero-order valence-electron chi connectivity index (χ0n) is 15.4. The van der Waals surface area contributed by atoms with Gasteiger partial charge in [-0.3, -0.25) is 0 Å². The standard InChI is InChI=1S/C19H19ClF3NO5/c1-2-27-9-3-4-16(18(25)26)28-13-5-7-14(8-6-13)29-17-15(20)10-12(11-24-17)19(21,22)23/h5-8,10-11,16H,2-4,9H2,1H3,(H,25,26). The maximum Gasteiger partial charge on any atom is 0.417 e. The number of ether oxygens (including phenoxy) is 3. The summed E-state index contributed by atoms with van der Waals surface area (Å²) in [6.45, 7) is 2.84. The molecule has 0 radical (unpaired) electrons. The fourth-order valence-corrected chi connectivity index (χ4v) is 2.47. The van der Waals surface area contributed by atoms with Crippen LogP contribution in [0.5, 0.6) is 17.4 Å². The summed E-state index contributed by atoms with van der Waals surface area (Å²) >= 11 is 5.80. The van der Waals surface area contributed by atoms with Crippen molar-refractivity contribution in [3.8, 4) is 17.4 Å². The van der Waals surface area contributed by atoms with Gasteiger partial charge in [0.2, 0.25) is 5.88 Å². The highest BCUT2D eigenvalue weighted by molar-refractivity contribution is 6.31. The summed E-state index contributed by atoms with van der Waals surface area (Å²) < 4.78 is 54.0. The van der Waals surface area contributed by atoms with Gasteiger partial charge in [0.1, 0.15) is 16.5 Å². The summed E-state index contributed by atoms with van der Waals surface area (Å²) in [5, 5.41) is 8.97. The highest BCUT2D eigenvalue weighted by Gasteiger charge is 2.31. The number of rotatable bonds is 10. The van der Waals surface area contributed by atoms with Gasteiger partial charge in [0.25, 0.3) is 0 Å². The quantitative estimate of drug-likeness (QED) is 0.519. The Morgan fingerprint density at radius 2 is 1.90 bits per heavy atom. The van der Waals surface area contributed by atoms with Crippen molar-refractivity contribution >= 4 is 17.6 Å². The number of aliphatic carboxylic acids is 1. The molecule has 0 spiro atoms. The molecule has 158 valence electrons. The van der Waals surface area contributed by atoms with E-state index >= 15 is 0 Å². The Hall–Kier alpha value is -2.52. The first kappa shape index (κ1) is 22.8. The van der Waals surface area contributed by atoms with Crippen LogP contribution >= 0.6 is 11.6 Å². The third kappa shape index (κ3) is 7.10. The number of carboxylic acid groups (broad SMARTS) is 1. The van der Waals surface area contributed by atoms with Crippen molar-refractivity contribution in [3.63, 3.8) is 0 Å². The SMILES string of the molecule is CCOCCCC(Oc1ccc(Oc2ncc(C(F)(F)F)cc2Cl)cc1)C(=O)O. The first-order valence-corrected chi connectivity index (χ1v) is 9.06. The first-order chi connectivity index (χ1) is 13.7. The molecule has 0 aliphatic carbocycles. The highest BCUT2D eigenvalue weighted by Crippen LogP contribution is 2.34. The van der Waals surface area contributed by atoms with Crippen LogP contribution in [0, 0.1) is 0 Å². The van der Waals surface area contributed by atoms with Crippen LogP contribution in [0.2, 0.25) is 5.02 Å². The molecule has 1 atom stereocenters. The molecule has 0 bridgehead atoms. The molecule has 1 aromatic carbocycles. The molecule has 0 amide bonds. The zero-order chi connectivity index (χ0) is 21.4. The predicted molar refractivity (Wildman–Crippen MR) is 98.5 cm³/mol. The number of hydrogen-bond donors (Lipinski definition) is 1. The van der Waals surface area contributed by atoms with Crippen molar-refractivity contribution in [2.45, 2.75) is 32.0 Å². The van der Waals surface area contributed by atoms with E-state index in [0.29, 0.717) is 31.6 Å². The summed E-state index contributed by atoms with van der Waals surface area (Å²) in [5.74, 6) is -0.738. The van der Waals surface area contributed by atoms with E-state index in [1.165, 1.54) is 24.3 Å². The fourth-order valence-electron chi connectivity index (χ4n) is 2.27. The molecule has 10 heteroatoms. The number of hydrogen-bond acceptors (Lipinski definition) is 5. The van der Waals surface area contributed by atoms with E-state index in [2.05, 4.69) is 4.98 Å². The number of pyridine rings is 1. The van der Waals surface area contributed by atoms with Gasteiger partial charge in [-0.2, -0.15) is 13.2 Å². The van der Waals surface area contributed by atoms with Crippen LogP contribution in [0.3, 0.4) is 0 Å². The second-order valence-electron chi connectivity index (χ2n) is 5.87. The Labute approximate surface area is 170 Å². The monoisotopic (exact) mass is 433 g/mol. The van der Waals surface area contributed by atoms with Gasteiger partial charge in [-0.15, -0.1) is 0 Å². The largest absolute Gasteiger partial charge is 0.479 e. The number of alkyl halides is 3. The van der Waals surface area contributed by atoms with E-state index in [1.54, 1.807) is 0 Å². The van der Waals surface area contributed by atoms with E-state index < -0.39 is 23.8 Å². The Bertz CT molecular complexity index is 814. The first-order valence-electron chi connectivity index (χ1n) is 8.68. The van der Waals surface area contributed by atoms with Gasteiger partial charge in [-0.25, -0.2) is 9.78 Å². The summed E-state index contributed by atoms with van der Waals surface area (Å²) in [5.41, 5.74) is -0.984. The lowest BCUT2D eigenvalue weighted by atomic mass is 10.2. The third-order valence-electron chi connectivity index (χ3n) is 3.69. The molecular weight excluding hydrogens is 415 g/mol. The van der Waals surface area contributed by atoms with Gasteiger partial charge >= 0.3 is 12.1 Å². The van der Waals surface area contributed by atoms with Crippen molar-refractivity contribution in [1.82, 2.24) is 4.98 Å². The maximum atomic E-state index is 12.6. The molecule has 1 unspecified atom stereocenters. The van der Waals surface area contributed by atoms with Gasteiger partial charge in [-0.05, 0) is 50.1 Å². The smallest absolute Gasteiger partial charge is 0.417 e. The van der Waals surface area contributed by atoms with Crippen LogP contribution in [-0.2, 0) is 15.7 Å². The lowest BCUT2D eigenvalue weighted by molar-refractivity contribution is -0.145. The van der Waals surface area contributed by atoms with Gasteiger partial charge < -0.3 is 19.3 Å². The highest BCUT2D eigenvalue weighted by atomic mass is 35.5. The molecule has 0 saturated carbocycles. The van der Waals surface area contributed by atoms with Crippen LogP contribution in [0.15, 0.2) is 36.5 Å². The molecule has 2 rings (SSSR count). The minimum absolute atomic E-state index is 0.187. The van der Waals surface area contributed by atoms with Crippen molar-refractivity contribution in [2.75, 3.05) is 13.2 Å². The van der Waals surface area contributed by atoms with Crippen molar-refractivity contribution in [2.24, 2.45) is 0 Å². The van der Waals surface area contributed by atoms with Crippen LogP contribution in [-0.4, -0.2) is 35.4 Å². The van der Waals surface area contributed by atoms with Gasteiger partial charge in [0, 0.05) is 19.4 Å². The summed E-state index contributed by atoms with van der Waals surface area (Å²) in [6, 6.07) is 6.60. The molecule has 29 heavy (non-hydrogen) atoms. The van der Waals surface area contributed by atoms with Gasteiger partial charge in [0.05, 0.1) is 5.56 Å². The Morgan fingerprint density at radius 3 is 2.45 bits per heavy atom. The van der Waals surface area contributed by atoms with Crippen molar-refractivity contribution in [3.05, 3.63) is 47.1 Å². The van der Waals surface area contributed by atoms with E-state index in [1.807, 2.05) is 6.92 Å². The Kier molecular flexibility index (Phi) is 8.10.